The summed E-state index contributed by atoms with van der Waals surface area (Å²) in [5, 5.41) is 22.6. The second-order valence-corrected chi connectivity index (χ2v) is 15.1. The first-order valence-corrected chi connectivity index (χ1v) is 22.8. The zero-order chi connectivity index (χ0) is 42.6. The maximum Gasteiger partial charge on any atom is 0.328 e. The molecule has 0 bridgehead atoms. The molecule has 0 aromatic rings. The summed E-state index contributed by atoms with van der Waals surface area (Å²) in [6.45, 7) is 3.35. The van der Waals surface area contributed by atoms with Crippen molar-refractivity contribution >= 4 is 23.8 Å². The van der Waals surface area contributed by atoms with Crippen molar-refractivity contribution in [1.29, 1.82) is 0 Å². The Bertz CT molecular complexity index is 1200. The molecule has 2 atom stereocenters. The molecule has 9 heteroatoms. The van der Waals surface area contributed by atoms with E-state index in [9.17, 15) is 19.2 Å². The van der Waals surface area contributed by atoms with Crippen molar-refractivity contribution in [2.45, 2.75) is 199 Å². The standard InChI is InChI=1S/C49H82N2O7/c1-3-5-7-9-11-13-15-17-19-21-23-25-27-30-34-38-44(39-35-31-29-32-36-40-46(53)50-42-47(54)51-45(43-52)49(56)57)58-48(55)41-37-33-28-26-24-22-20-18-16-14-12-10-8-6-4-2/h6,8,12,14,18,20-21,23-24,26,33,37,44-45,52H,3-5,7,9-11,13,15-17,19,22,25,27-32,34-36,38-43H2,1-2H3,(H,50,53)(H,51,54)(H,56,57)/b8-6-,14-12-,20-18-,23-21-,26-24-,37-33-. The number of carboxylic acids is 1. The van der Waals surface area contributed by atoms with Crippen LogP contribution in [0.1, 0.15) is 187 Å². The second kappa shape index (κ2) is 42.9. The van der Waals surface area contributed by atoms with E-state index in [1.807, 2.05) is 12.2 Å². The highest BCUT2D eigenvalue weighted by Gasteiger charge is 2.19. The second-order valence-electron chi connectivity index (χ2n) is 15.1. The van der Waals surface area contributed by atoms with Crippen LogP contribution >= 0.6 is 0 Å². The molecule has 2 unspecified atom stereocenters. The molecule has 0 heterocycles. The van der Waals surface area contributed by atoms with Crippen LogP contribution in [0.2, 0.25) is 0 Å². The number of carbonyl (C=O) groups is 4. The first-order chi connectivity index (χ1) is 28.3. The van der Waals surface area contributed by atoms with Crippen molar-refractivity contribution in [2.75, 3.05) is 13.2 Å². The van der Waals surface area contributed by atoms with Crippen LogP contribution in [-0.2, 0) is 23.9 Å². The number of nitrogens with one attached hydrogen (secondary N) is 2. The third-order valence-corrected chi connectivity index (χ3v) is 9.72. The summed E-state index contributed by atoms with van der Waals surface area (Å²) in [4.78, 5) is 47.6. The van der Waals surface area contributed by atoms with Crippen molar-refractivity contribution in [3.63, 3.8) is 0 Å². The zero-order valence-corrected chi connectivity index (χ0v) is 36.5. The van der Waals surface area contributed by atoms with E-state index in [4.69, 9.17) is 14.9 Å². The van der Waals surface area contributed by atoms with Crippen molar-refractivity contribution in [1.82, 2.24) is 10.6 Å². The van der Waals surface area contributed by atoms with Gasteiger partial charge in [-0.1, -0.05) is 157 Å². The molecule has 0 radical (unpaired) electrons. The molecule has 2 amide bonds. The van der Waals surface area contributed by atoms with E-state index in [1.165, 1.54) is 57.8 Å². The predicted octanol–water partition coefficient (Wildman–Crippen LogP) is 11.5. The van der Waals surface area contributed by atoms with Gasteiger partial charge >= 0.3 is 11.9 Å². The molecule has 0 saturated heterocycles. The fourth-order valence-corrected chi connectivity index (χ4v) is 6.26. The molecule has 0 aliphatic rings. The Labute approximate surface area is 353 Å². The Balaban J connectivity index is 4.51. The summed E-state index contributed by atoms with van der Waals surface area (Å²) in [5.74, 6) is -2.45. The SMILES string of the molecule is CC/C=C\C/C=C\C/C=C\C/C=C\C/C=C\CC(=O)OC(CCCCC/C=C\CCCCCCCCCC)CCCCCCCC(=O)NCC(=O)NC(CO)C(=O)O. The average Bonchev–Trinajstić information content (AvgIpc) is 3.21. The molecular formula is C49H82N2O7. The van der Waals surface area contributed by atoms with Crippen molar-refractivity contribution < 1.29 is 34.1 Å². The Morgan fingerprint density at radius 1 is 0.552 bits per heavy atom. The smallest absolute Gasteiger partial charge is 0.328 e. The largest absolute Gasteiger partial charge is 0.480 e. The summed E-state index contributed by atoms with van der Waals surface area (Å²) in [7, 11) is 0. The number of rotatable bonds is 40. The van der Waals surface area contributed by atoms with E-state index >= 15 is 0 Å². The van der Waals surface area contributed by atoms with E-state index < -0.39 is 24.5 Å². The lowest BCUT2D eigenvalue weighted by Gasteiger charge is -2.18. The lowest BCUT2D eigenvalue weighted by molar-refractivity contribution is -0.148. The monoisotopic (exact) mass is 811 g/mol. The van der Waals surface area contributed by atoms with Gasteiger partial charge in [0.2, 0.25) is 11.8 Å². The molecule has 58 heavy (non-hydrogen) atoms. The molecular weight excluding hydrogens is 729 g/mol. The van der Waals surface area contributed by atoms with Gasteiger partial charge in [0.15, 0.2) is 0 Å². The van der Waals surface area contributed by atoms with E-state index in [0.29, 0.717) is 6.42 Å². The molecule has 0 aliphatic carbocycles. The van der Waals surface area contributed by atoms with Crippen LogP contribution < -0.4 is 10.6 Å². The summed E-state index contributed by atoms with van der Waals surface area (Å²) >= 11 is 0. The number of aliphatic carboxylic acids is 1. The first-order valence-electron chi connectivity index (χ1n) is 22.8. The highest BCUT2D eigenvalue weighted by Crippen LogP contribution is 2.18. The Hall–Kier alpha value is -3.72. The minimum absolute atomic E-state index is 0.0868. The lowest BCUT2D eigenvalue weighted by Crippen LogP contribution is -2.47. The molecule has 0 rings (SSSR count). The Morgan fingerprint density at radius 2 is 1.02 bits per heavy atom. The molecule has 9 nitrogen and oxygen atoms in total. The number of carboxylic acid groups (broad SMARTS) is 1. The van der Waals surface area contributed by atoms with Gasteiger partial charge in [0, 0.05) is 6.42 Å². The van der Waals surface area contributed by atoms with E-state index in [0.717, 1.165) is 96.3 Å². The van der Waals surface area contributed by atoms with Crippen LogP contribution in [0, 0.1) is 0 Å². The normalized spacial score (nSPS) is 13.2. The minimum Gasteiger partial charge on any atom is -0.480 e. The molecule has 0 aromatic heterocycles. The number of amides is 2. The van der Waals surface area contributed by atoms with Crippen molar-refractivity contribution in [3.05, 3.63) is 72.9 Å². The fraction of sp³-hybridized carbons (Fsp3) is 0.673. The van der Waals surface area contributed by atoms with E-state index in [-0.39, 0.29) is 37.4 Å². The topological polar surface area (TPSA) is 142 Å². The number of hydrogen-bond acceptors (Lipinski definition) is 6. The number of allylic oxidation sites excluding steroid dienone is 11. The molecule has 0 spiro atoms. The number of aliphatic hydroxyl groups is 1. The summed E-state index contributed by atoms with van der Waals surface area (Å²) in [5.41, 5.74) is 0. The number of esters is 1. The number of aliphatic hydroxyl groups excluding tert-OH is 1. The quantitative estimate of drug-likeness (QED) is 0.0274. The van der Waals surface area contributed by atoms with Crippen LogP contribution in [0.15, 0.2) is 72.9 Å². The Kier molecular flexibility index (Phi) is 40.1. The number of hydrogen-bond donors (Lipinski definition) is 4. The predicted molar refractivity (Wildman–Crippen MR) is 240 cm³/mol. The number of unbranched alkanes of at least 4 members (excludes halogenated alkanes) is 15. The average molecular weight is 811 g/mol. The summed E-state index contributed by atoms with van der Waals surface area (Å²) in [6, 6.07) is -1.39. The van der Waals surface area contributed by atoms with Gasteiger partial charge < -0.3 is 25.6 Å². The first kappa shape index (κ1) is 54.3. The maximum absolute atomic E-state index is 12.8. The highest BCUT2D eigenvalue weighted by atomic mass is 16.5. The van der Waals surface area contributed by atoms with Gasteiger partial charge in [0.05, 0.1) is 19.6 Å². The third-order valence-electron chi connectivity index (χ3n) is 9.72. The molecule has 4 N–H and O–H groups in total. The van der Waals surface area contributed by atoms with Gasteiger partial charge in [-0.05, 0) is 89.9 Å². The van der Waals surface area contributed by atoms with Crippen LogP contribution in [-0.4, -0.2) is 59.3 Å². The Morgan fingerprint density at radius 3 is 1.53 bits per heavy atom. The van der Waals surface area contributed by atoms with Crippen molar-refractivity contribution in [3.8, 4) is 0 Å². The van der Waals surface area contributed by atoms with Gasteiger partial charge in [0.1, 0.15) is 12.1 Å². The number of ether oxygens (including phenoxy) is 1. The van der Waals surface area contributed by atoms with Gasteiger partial charge in [-0.15, -0.1) is 0 Å². The molecule has 330 valence electrons. The van der Waals surface area contributed by atoms with Crippen LogP contribution in [0.5, 0.6) is 0 Å². The number of carbonyl (C=O) groups excluding carboxylic acids is 3. The molecule has 0 aliphatic heterocycles. The van der Waals surface area contributed by atoms with Gasteiger partial charge in [-0.3, -0.25) is 14.4 Å². The van der Waals surface area contributed by atoms with Gasteiger partial charge in [-0.25, -0.2) is 4.79 Å². The van der Waals surface area contributed by atoms with E-state index in [2.05, 4.69) is 85.2 Å². The van der Waals surface area contributed by atoms with Gasteiger partial charge in [-0.2, -0.15) is 0 Å². The maximum atomic E-state index is 12.8. The van der Waals surface area contributed by atoms with Crippen LogP contribution in [0.3, 0.4) is 0 Å². The van der Waals surface area contributed by atoms with Crippen LogP contribution in [0.4, 0.5) is 0 Å². The van der Waals surface area contributed by atoms with Crippen LogP contribution in [0.25, 0.3) is 0 Å². The summed E-state index contributed by atoms with van der Waals surface area (Å²) in [6.07, 6.45) is 53.7. The molecule has 0 saturated carbocycles. The van der Waals surface area contributed by atoms with E-state index in [1.54, 1.807) is 0 Å². The lowest BCUT2D eigenvalue weighted by atomic mass is 10.0. The summed E-state index contributed by atoms with van der Waals surface area (Å²) < 4.78 is 5.97. The fourth-order valence-electron chi connectivity index (χ4n) is 6.26. The highest BCUT2D eigenvalue weighted by molar-refractivity contribution is 5.87. The third kappa shape index (κ3) is 39.1. The van der Waals surface area contributed by atoms with Crippen molar-refractivity contribution in [2.24, 2.45) is 0 Å². The minimum atomic E-state index is -1.39. The molecule has 0 fully saturated rings. The molecule has 0 aromatic carbocycles. The van der Waals surface area contributed by atoms with Gasteiger partial charge in [0.25, 0.3) is 0 Å². The zero-order valence-electron chi connectivity index (χ0n) is 36.5.